The first-order chi connectivity index (χ1) is 11.5. The average molecular weight is 336 g/mol. The number of nitrogens with one attached hydrogen (secondary N) is 1. The van der Waals surface area contributed by atoms with E-state index in [1.54, 1.807) is 6.20 Å². The number of nitrogens with zero attached hydrogens (tertiary/aromatic N) is 5. The molecule has 0 aromatic carbocycles. The van der Waals surface area contributed by atoms with Crippen molar-refractivity contribution in [2.75, 3.05) is 24.5 Å². The minimum atomic E-state index is -2.49. The molecule has 2 aliphatic rings. The number of carbonyl (C=O) groups is 1. The smallest absolute Gasteiger partial charge is 0.258 e. The minimum absolute atomic E-state index is 0.0581. The Bertz CT molecular complexity index is 768. The average Bonchev–Trinajstić information content (AvgIpc) is 3.12. The van der Waals surface area contributed by atoms with Gasteiger partial charge in [0.15, 0.2) is 5.65 Å². The molecule has 0 unspecified atom stereocenters. The van der Waals surface area contributed by atoms with Gasteiger partial charge in [0.05, 0.1) is 12.4 Å². The molecule has 0 aliphatic carbocycles. The van der Waals surface area contributed by atoms with Gasteiger partial charge < -0.3 is 10.2 Å². The second-order valence-corrected chi connectivity index (χ2v) is 6.60. The summed E-state index contributed by atoms with van der Waals surface area (Å²) in [7, 11) is 0. The van der Waals surface area contributed by atoms with Gasteiger partial charge in [0.2, 0.25) is 5.91 Å². The van der Waals surface area contributed by atoms with Crippen LogP contribution in [0.3, 0.4) is 0 Å². The number of alkyl halides is 2. The molecule has 2 aliphatic heterocycles. The summed E-state index contributed by atoms with van der Waals surface area (Å²) in [5.41, 5.74) is 0.951. The fraction of sp³-hybridized carbons (Fsp3) is 0.600. The quantitative estimate of drug-likeness (QED) is 0.911. The van der Waals surface area contributed by atoms with E-state index in [1.807, 2.05) is 0 Å². The molecule has 0 radical (unpaired) electrons. The van der Waals surface area contributed by atoms with Gasteiger partial charge in [0.25, 0.3) is 6.43 Å². The van der Waals surface area contributed by atoms with Gasteiger partial charge >= 0.3 is 0 Å². The Hall–Kier alpha value is -2.32. The fourth-order valence-corrected chi connectivity index (χ4v) is 3.57. The highest BCUT2D eigenvalue weighted by molar-refractivity contribution is 5.79. The monoisotopic (exact) mass is 336 g/mol. The maximum atomic E-state index is 12.6. The van der Waals surface area contributed by atoms with Crippen LogP contribution in [0.5, 0.6) is 0 Å². The first-order valence-electron chi connectivity index (χ1n) is 8.03. The number of hydrogen-bond donors (Lipinski definition) is 1. The maximum Gasteiger partial charge on any atom is 0.258 e. The van der Waals surface area contributed by atoms with E-state index >= 15 is 0 Å². The minimum Gasteiger partial charge on any atom is -0.356 e. The summed E-state index contributed by atoms with van der Waals surface area (Å²) in [5.74, 6) is 0.797. The first-order valence-corrected chi connectivity index (χ1v) is 8.03. The Morgan fingerprint density at radius 2 is 2.08 bits per heavy atom. The van der Waals surface area contributed by atoms with E-state index in [2.05, 4.69) is 25.3 Å². The van der Waals surface area contributed by atoms with Crippen molar-refractivity contribution in [2.24, 2.45) is 5.41 Å². The van der Waals surface area contributed by atoms with E-state index < -0.39 is 13.0 Å². The highest BCUT2D eigenvalue weighted by Gasteiger charge is 2.41. The molecule has 0 saturated carbocycles. The molecule has 2 saturated heterocycles. The van der Waals surface area contributed by atoms with Crippen molar-refractivity contribution >= 4 is 22.9 Å². The van der Waals surface area contributed by atoms with Crippen LogP contribution in [0.25, 0.3) is 11.2 Å². The summed E-state index contributed by atoms with van der Waals surface area (Å²) < 4.78 is 26.5. The van der Waals surface area contributed by atoms with Crippen LogP contribution in [-0.2, 0) is 11.3 Å². The van der Waals surface area contributed by atoms with E-state index in [9.17, 15) is 13.6 Å². The molecule has 1 amide bonds. The number of aromatic nitrogens is 4. The van der Waals surface area contributed by atoms with Gasteiger partial charge in [0.1, 0.15) is 17.9 Å². The van der Waals surface area contributed by atoms with Crippen LogP contribution in [0.4, 0.5) is 14.6 Å². The Balaban J connectivity index is 1.53. The van der Waals surface area contributed by atoms with Crippen molar-refractivity contribution < 1.29 is 13.6 Å². The van der Waals surface area contributed by atoms with Gasteiger partial charge in [-0.1, -0.05) is 0 Å². The summed E-state index contributed by atoms with van der Waals surface area (Å²) >= 11 is 0. The third-order valence-electron chi connectivity index (χ3n) is 4.99. The van der Waals surface area contributed by atoms with Crippen LogP contribution in [-0.4, -0.2) is 51.7 Å². The first kappa shape index (κ1) is 15.2. The van der Waals surface area contributed by atoms with Crippen molar-refractivity contribution in [1.82, 2.24) is 25.1 Å². The molecule has 2 aromatic rings. The standard InChI is InChI=1S/C15H18F2N6O/c16-11(17)8-23-14-10(6-20-23)18-7-12(21-14)22-3-1-15(2-4-22)5-13(24)19-9-15/h6-7,11H,1-5,8-9H2,(H,19,24). The summed E-state index contributed by atoms with van der Waals surface area (Å²) in [5, 5.41) is 6.85. The molecule has 24 heavy (non-hydrogen) atoms. The van der Waals surface area contributed by atoms with Crippen molar-refractivity contribution in [1.29, 1.82) is 0 Å². The van der Waals surface area contributed by atoms with E-state index in [-0.39, 0.29) is 11.3 Å². The molecular formula is C15H18F2N6O. The van der Waals surface area contributed by atoms with E-state index in [4.69, 9.17) is 0 Å². The molecule has 0 atom stereocenters. The fourth-order valence-electron chi connectivity index (χ4n) is 3.57. The third-order valence-corrected chi connectivity index (χ3v) is 4.99. The van der Waals surface area contributed by atoms with E-state index in [0.717, 1.165) is 32.5 Å². The molecule has 4 rings (SSSR count). The number of anilines is 1. The number of halogens is 2. The van der Waals surface area contributed by atoms with Crippen LogP contribution >= 0.6 is 0 Å². The Morgan fingerprint density at radius 3 is 2.75 bits per heavy atom. The van der Waals surface area contributed by atoms with Gasteiger partial charge in [-0.15, -0.1) is 0 Å². The zero-order valence-corrected chi connectivity index (χ0v) is 13.1. The van der Waals surface area contributed by atoms with Crippen LogP contribution in [0.15, 0.2) is 12.4 Å². The number of carbonyl (C=O) groups excluding carboxylic acids is 1. The Kier molecular flexibility index (Phi) is 3.58. The van der Waals surface area contributed by atoms with Crippen molar-refractivity contribution in [3.05, 3.63) is 12.4 Å². The second-order valence-electron chi connectivity index (χ2n) is 6.60. The second kappa shape index (κ2) is 5.64. The number of fused-ring (bicyclic) bond motifs is 1. The highest BCUT2D eigenvalue weighted by Crippen LogP contribution is 2.38. The van der Waals surface area contributed by atoms with Crippen LogP contribution < -0.4 is 10.2 Å². The maximum absolute atomic E-state index is 12.6. The Labute approximate surface area is 137 Å². The summed E-state index contributed by atoms with van der Waals surface area (Å²) in [6, 6.07) is 0. The molecule has 1 spiro atoms. The lowest BCUT2D eigenvalue weighted by Crippen LogP contribution is -2.41. The molecule has 9 heteroatoms. The van der Waals surface area contributed by atoms with Gasteiger partial charge in [-0.25, -0.2) is 23.4 Å². The highest BCUT2D eigenvalue weighted by atomic mass is 19.3. The summed E-state index contributed by atoms with van der Waals surface area (Å²) in [4.78, 5) is 22.4. The SMILES string of the molecule is O=C1CC2(CCN(c3cnc4cnn(CC(F)F)c4n3)CC2)CN1. The summed E-state index contributed by atoms with van der Waals surface area (Å²) in [6.45, 7) is 1.81. The van der Waals surface area contributed by atoms with Gasteiger partial charge in [-0.05, 0) is 18.3 Å². The molecule has 4 heterocycles. The van der Waals surface area contributed by atoms with Crippen molar-refractivity contribution in [3.63, 3.8) is 0 Å². The molecule has 2 fully saturated rings. The topological polar surface area (TPSA) is 75.9 Å². The van der Waals surface area contributed by atoms with Crippen LogP contribution in [0.2, 0.25) is 0 Å². The van der Waals surface area contributed by atoms with E-state index in [0.29, 0.717) is 23.4 Å². The molecule has 7 nitrogen and oxygen atoms in total. The molecule has 0 bridgehead atoms. The summed E-state index contributed by atoms with van der Waals surface area (Å²) in [6.07, 6.45) is 3.03. The zero-order chi connectivity index (χ0) is 16.7. The molecule has 2 aromatic heterocycles. The number of hydrogen-bond acceptors (Lipinski definition) is 5. The molecule has 1 N–H and O–H groups in total. The largest absolute Gasteiger partial charge is 0.356 e. The van der Waals surface area contributed by atoms with Crippen LogP contribution in [0, 0.1) is 5.41 Å². The number of amides is 1. The predicted molar refractivity (Wildman–Crippen MR) is 82.8 cm³/mol. The lowest BCUT2D eigenvalue weighted by atomic mass is 9.78. The lowest BCUT2D eigenvalue weighted by Gasteiger charge is -2.38. The van der Waals surface area contributed by atoms with Crippen molar-refractivity contribution in [2.45, 2.75) is 32.2 Å². The van der Waals surface area contributed by atoms with Gasteiger partial charge in [-0.2, -0.15) is 5.10 Å². The van der Waals surface area contributed by atoms with Gasteiger partial charge in [0, 0.05) is 26.1 Å². The van der Waals surface area contributed by atoms with Crippen molar-refractivity contribution in [3.8, 4) is 0 Å². The third kappa shape index (κ3) is 2.67. The Morgan fingerprint density at radius 1 is 1.29 bits per heavy atom. The zero-order valence-electron chi connectivity index (χ0n) is 13.1. The predicted octanol–water partition coefficient (Wildman–Crippen LogP) is 1.20. The van der Waals surface area contributed by atoms with Crippen LogP contribution in [0.1, 0.15) is 19.3 Å². The number of piperidine rings is 1. The van der Waals surface area contributed by atoms with Gasteiger partial charge in [-0.3, -0.25) is 4.79 Å². The normalized spacial score (nSPS) is 20.3. The van der Waals surface area contributed by atoms with E-state index in [1.165, 1.54) is 10.9 Å². The molecular weight excluding hydrogens is 318 g/mol. The number of rotatable bonds is 3. The molecule has 128 valence electrons. The lowest BCUT2D eigenvalue weighted by molar-refractivity contribution is -0.119.